The Bertz CT molecular complexity index is 813. The summed E-state index contributed by atoms with van der Waals surface area (Å²) >= 11 is 6.00. The quantitative estimate of drug-likeness (QED) is 0.754. The van der Waals surface area contributed by atoms with Gasteiger partial charge in [0, 0.05) is 27.9 Å². The summed E-state index contributed by atoms with van der Waals surface area (Å²) in [5.74, 6) is -0.104. The van der Waals surface area contributed by atoms with Gasteiger partial charge in [-0.1, -0.05) is 43.0 Å². The fourth-order valence-corrected chi connectivity index (χ4v) is 3.44. The minimum Gasteiger partial charge on any atom is -0.326 e. The maximum absolute atomic E-state index is 12.6. The number of carbonyl (C=O) groups is 2. The summed E-state index contributed by atoms with van der Waals surface area (Å²) in [4.78, 5) is 24.9. The Hall–Kier alpha value is -2.33. The summed E-state index contributed by atoms with van der Waals surface area (Å²) in [6.45, 7) is 1.91. The summed E-state index contributed by atoms with van der Waals surface area (Å²) in [5, 5.41) is 6.40. The number of anilines is 2. The lowest BCUT2D eigenvalue weighted by Crippen LogP contribution is -2.24. The predicted molar refractivity (Wildman–Crippen MR) is 106 cm³/mol. The van der Waals surface area contributed by atoms with E-state index in [1.807, 2.05) is 19.1 Å². The summed E-state index contributed by atoms with van der Waals surface area (Å²) in [7, 11) is 0. The number of hydrogen-bond donors (Lipinski definition) is 2. The van der Waals surface area contributed by atoms with Crippen LogP contribution < -0.4 is 10.6 Å². The van der Waals surface area contributed by atoms with E-state index in [0.29, 0.717) is 22.0 Å². The van der Waals surface area contributed by atoms with Crippen molar-refractivity contribution < 1.29 is 9.59 Å². The fraction of sp³-hybridized carbons (Fsp3) is 0.333. The molecule has 0 radical (unpaired) electrons. The second-order valence-corrected chi connectivity index (χ2v) is 7.25. The molecule has 1 fully saturated rings. The molecular formula is C21H23ClN2O2. The zero-order valence-electron chi connectivity index (χ0n) is 14.8. The maximum atomic E-state index is 12.6. The molecule has 2 amide bonds. The van der Waals surface area contributed by atoms with E-state index in [9.17, 15) is 9.59 Å². The normalized spacial score (nSPS) is 14.7. The minimum atomic E-state index is -0.232. The van der Waals surface area contributed by atoms with Crippen LogP contribution in [-0.2, 0) is 4.79 Å². The molecule has 1 aliphatic rings. The molecule has 0 aromatic heterocycles. The molecule has 5 heteroatoms. The van der Waals surface area contributed by atoms with Crippen LogP contribution in [0.25, 0.3) is 0 Å². The van der Waals surface area contributed by atoms with Gasteiger partial charge in [0.15, 0.2) is 0 Å². The van der Waals surface area contributed by atoms with Crippen LogP contribution in [0.15, 0.2) is 42.5 Å². The molecule has 4 nitrogen and oxygen atoms in total. The zero-order valence-corrected chi connectivity index (χ0v) is 15.6. The summed E-state index contributed by atoms with van der Waals surface area (Å²) in [6.07, 6.45) is 5.32. The topological polar surface area (TPSA) is 58.2 Å². The fourth-order valence-electron chi connectivity index (χ4n) is 3.27. The van der Waals surface area contributed by atoms with Crippen LogP contribution in [0.3, 0.4) is 0 Å². The number of aryl methyl sites for hydroxylation is 1. The highest BCUT2D eigenvalue weighted by Gasteiger charge is 2.21. The SMILES string of the molecule is Cc1ccc(Cl)cc1NC(=O)c1cccc(NC(=O)C2CCCCC2)c1. The van der Waals surface area contributed by atoms with Crippen LogP contribution >= 0.6 is 11.6 Å². The van der Waals surface area contributed by atoms with Gasteiger partial charge in [-0.15, -0.1) is 0 Å². The molecule has 3 rings (SSSR count). The summed E-state index contributed by atoms with van der Waals surface area (Å²) in [6, 6.07) is 12.4. The maximum Gasteiger partial charge on any atom is 0.255 e. The molecule has 2 N–H and O–H groups in total. The second kappa shape index (κ2) is 8.37. The number of rotatable bonds is 4. The number of nitrogens with one attached hydrogen (secondary N) is 2. The van der Waals surface area contributed by atoms with E-state index in [4.69, 9.17) is 11.6 Å². The van der Waals surface area contributed by atoms with Crippen LogP contribution in [0.5, 0.6) is 0 Å². The minimum absolute atomic E-state index is 0.0490. The van der Waals surface area contributed by atoms with Gasteiger partial charge >= 0.3 is 0 Å². The largest absolute Gasteiger partial charge is 0.326 e. The van der Waals surface area contributed by atoms with Crippen molar-refractivity contribution >= 4 is 34.8 Å². The van der Waals surface area contributed by atoms with Crippen molar-refractivity contribution in [1.82, 2.24) is 0 Å². The van der Waals surface area contributed by atoms with E-state index in [0.717, 1.165) is 31.2 Å². The Morgan fingerprint density at radius 2 is 1.77 bits per heavy atom. The molecule has 0 aliphatic heterocycles. The first-order chi connectivity index (χ1) is 12.5. The molecule has 26 heavy (non-hydrogen) atoms. The first-order valence-corrected chi connectivity index (χ1v) is 9.39. The summed E-state index contributed by atoms with van der Waals surface area (Å²) in [5.41, 5.74) is 2.76. The Morgan fingerprint density at radius 1 is 1.00 bits per heavy atom. The Labute approximate surface area is 158 Å². The Morgan fingerprint density at radius 3 is 2.54 bits per heavy atom. The van der Waals surface area contributed by atoms with E-state index in [2.05, 4.69) is 10.6 Å². The van der Waals surface area contributed by atoms with Crippen molar-refractivity contribution in [3.63, 3.8) is 0 Å². The van der Waals surface area contributed by atoms with Gasteiger partial charge < -0.3 is 10.6 Å². The van der Waals surface area contributed by atoms with Crippen LogP contribution in [0.4, 0.5) is 11.4 Å². The standard InChI is InChI=1S/C21H23ClN2O2/c1-14-10-11-17(22)13-19(14)24-21(26)16-8-5-9-18(12-16)23-20(25)15-6-3-2-4-7-15/h5,8-13,15H,2-4,6-7H2,1H3,(H,23,25)(H,24,26). The third-order valence-corrected chi connectivity index (χ3v) is 5.05. The van der Waals surface area contributed by atoms with Crippen molar-refractivity contribution in [2.24, 2.45) is 5.92 Å². The predicted octanol–water partition coefficient (Wildman–Crippen LogP) is 5.42. The molecule has 136 valence electrons. The molecule has 2 aromatic rings. The number of amides is 2. The monoisotopic (exact) mass is 370 g/mol. The Kier molecular flexibility index (Phi) is 5.94. The van der Waals surface area contributed by atoms with Crippen molar-refractivity contribution in [3.05, 3.63) is 58.6 Å². The van der Waals surface area contributed by atoms with Crippen molar-refractivity contribution in [2.45, 2.75) is 39.0 Å². The summed E-state index contributed by atoms with van der Waals surface area (Å²) < 4.78 is 0. The second-order valence-electron chi connectivity index (χ2n) is 6.82. The van der Waals surface area contributed by atoms with Crippen molar-refractivity contribution in [3.8, 4) is 0 Å². The smallest absolute Gasteiger partial charge is 0.255 e. The van der Waals surface area contributed by atoms with E-state index < -0.39 is 0 Å². The van der Waals surface area contributed by atoms with Gasteiger partial charge in [0.05, 0.1) is 0 Å². The molecule has 0 unspecified atom stereocenters. The van der Waals surface area contributed by atoms with E-state index in [-0.39, 0.29) is 17.7 Å². The third-order valence-electron chi connectivity index (χ3n) is 4.82. The molecule has 0 saturated heterocycles. The van der Waals surface area contributed by atoms with E-state index in [1.54, 1.807) is 30.3 Å². The number of carbonyl (C=O) groups excluding carboxylic acids is 2. The van der Waals surface area contributed by atoms with Crippen LogP contribution in [0.2, 0.25) is 5.02 Å². The highest BCUT2D eigenvalue weighted by molar-refractivity contribution is 6.31. The van der Waals surface area contributed by atoms with Gasteiger partial charge in [-0.25, -0.2) is 0 Å². The Balaban J connectivity index is 1.69. The molecule has 1 aliphatic carbocycles. The lowest BCUT2D eigenvalue weighted by Gasteiger charge is -2.20. The first kappa shape index (κ1) is 18.5. The number of hydrogen-bond acceptors (Lipinski definition) is 2. The number of halogens is 1. The highest BCUT2D eigenvalue weighted by Crippen LogP contribution is 2.25. The number of benzene rings is 2. The van der Waals surface area contributed by atoms with Crippen molar-refractivity contribution in [1.29, 1.82) is 0 Å². The van der Waals surface area contributed by atoms with Crippen LogP contribution in [0.1, 0.15) is 48.0 Å². The molecular weight excluding hydrogens is 348 g/mol. The first-order valence-electron chi connectivity index (χ1n) is 9.01. The molecule has 0 atom stereocenters. The van der Waals surface area contributed by atoms with Gasteiger partial charge in [0.1, 0.15) is 0 Å². The van der Waals surface area contributed by atoms with Gasteiger partial charge in [-0.3, -0.25) is 9.59 Å². The molecule has 0 spiro atoms. The highest BCUT2D eigenvalue weighted by atomic mass is 35.5. The van der Waals surface area contributed by atoms with Gasteiger partial charge in [-0.2, -0.15) is 0 Å². The van der Waals surface area contributed by atoms with Crippen LogP contribution in [0, 0.1) is 12.8 Å². The third kappa shape index (κ3) is 4.64. The molecule has 2 aromatic carbocycles. The molecule has 0 bridgehead atoms. The average molecular weight is 371 g/mol. The van der Waals surface area contributed by atoms with Crippen LogP contribution in [-0.4, -0.2) is 11.8 Å². The lowest BCUT2D eigenvalue weighted by atomic mass is 9.88. The van der Waals surface area contributed by atoms with Gasteiger partial charge in [0.25, 0.3) is 5.91 Å². The average Bonchev–Trinajstić information content (AvgIpc) is 2.65. The molecule has 0 heterocycles. The lowest BCUT2D eigenvalue weighted by molar-refractivity contribution is -0.120. The molecule has 1 saturated carbocycles. The van der Waals surface area contributed by atoms with Crippen molar-refractivity contribution in [2.75, 3.05) is 10.6 Å². The van der Waals surface area contributed by atoms with Gasteiger partial charge in [-0.05, 0) is 55.7 Å². The zero-order chi connectivity index (χ0) is 18.5. The van der Waals surface area contributed by atoms with E-state index >= 15 is 0 Å². The van der Waals surface area contributed by atoms with E-state index in [1.165, 1.54) is 6.42 Å². The van der Waals surface area contributed by atoms with Gasteiger partial charge in [0.2, 0.25) is 5.91 Å².